The van der Waals surface area contributed by atoms with Gasteiger partial charge in [0.05, 0.1) is 0 Å². The van der Waals surface area contributed by atoms with Gasteiger partial charge in [0.1, 0.15) is 5.01 Å². The molecule has 0 bridgehead atoms. The zero-order valence-corrected chi connectivity index (χ0v) is 23.4. The molecular formula is C25H44N4O6S. The number of rotatable bonds is 16. The van der Waals surface area contributed by atoms with E-state index in [1.54, 1.807) is 11.9 Å². The lowest BCUT2D eigenvalue weighted by Crippen LogP contribution is -2.41. The quantitative estimate of drug-likeness (QED) is 0.217. The molecule has 0 saturated carbocycles. The molecular weight excluding hydrogens is 484 g/mol. The smallest absolute Gasteiger partial charge is 0.355 e. The molecule has 1 rings (SSSR count). The number of carboxylic acid groups (broad SMARTS) is 1. The summed E-state index contributed by atoms with van der Waals surface area (Å²) in [6, 6.07) is -0.152. The van der Waals surface area contributed by atoms with Crippen molar-refractivity contribution in [1.82, 2.24) is 15.2 Å². The minimum Gasteiger partial charge on any atom is -0.476 e. The van der Waals surface area contributed by atoms with Crippen LogP contribution in [-0.4, -0.2) is 65.4 Å². The summed E-state index contributed by atoms with van der Waals surface area (Å²) in [4.78, 5) is 51.0. The number of unbranched alkanes of at least 4 members (excludes halogenated alkanes) is 3. The maximum Gasteiger partial charge on any atom is 0.355 e. The van der Waals surface area contributed by atoms with Crippen LogP contribution in [0.15, 0.2) is 5.38 Å². The highest BCUT2D eigenvalue weighted by Crippen LogP contribution is 2.30. The van der Waals surface area contributed by atoms with Gasteiger partial charge >= 0.3 is 11.9 Å². The van der Waals surface area contributed by atoms with Gasteiger partial charge in [-0.15, -0.1) is 11.3 Å². The van der Waals surface area contributed by atoms with Crippen molar-refractivity contribution in [3.05, 3.63) is 16.1 Å². The Morgan fingerprint density at radius 3 is 2.31 bits per heavy atom. The van der Waals surface area contributed by atoms with Crippen LogP contribution in [0.2, 0.25) is 0 Å². The maximum atomic E-state index is 12.4. The summed E-state index contributed by atoms with van der Waals surface area (Å²) in [7, 11) is 3.69. The molecule has 2 unspecified atom stereocenters. The summed E-state index contributed by atoms with van der Waals surface area (Å²) in [5.74, 6) is -1.59. The SMILES string of the molecule is CCCCC(=O)N(C)C(CC(OC(C)=O)c1nc(C(=O)O)cs1)C(C)C.CNCCCCCC(N)=O. The molecule has 4 N–H and O–H groups in total. The zero-order valence-electron chi connectivity index (χ0n) is 22.5. The fourth-order valence-corrected chi connectivity index (χ4v) is 4.33. The third-order valence-corrected chi connectivity index (χ3v) is 6.47. The van der Waals surface area contributed by atoms with Crippen LogP contribution in [0.1, 0.15) is 101 Å². The maximum absolute atomic E-state index is 12.4. The molecule has 0 saturated heterocycles. The van der Waals surface area contributed by atoms with Crippen LogP contribution in [0, 0.1) is 5.92 Å². The number of carbonyl (C=O) groups is 4. The van der Waals surface area contributed by atoms with Crippen molar-refractivity contribution in [2.24, 2.45) is 11.7 Å². The number of aromatic nitrogens is 1. The number of aromatic carboxylic acids is 1. The molecule has 1 aromatic rings. The number of carboxylic acids is 1. The predicted molar refractivity (Wildman–Crippen MR) is 141 cm³/mol. The van der Waals surface area contributed by atoms with E-state index in [1.165, 1.54) is 12.3 Å². The van der Waals surface area contributed by atoms with E-state index in [-0.39, 0.29) is 29.5 Å². The Bertz CT molecular complexity index is 814. The highest BCUT2D eigenvalue weighted by Gasteiger charge is 2.30. The van der Waals surface area contributed by atoms with Crippen LogP contribution < -0.4 is 11.1 Å². The number of nitrogens with zero attached hydrogens (tertiary/aromatic N) is 2. The highest BCUT2D eigenvalue weighted by molar-refractivity contribution is 7.09. The second-order valence-electron chi connectivity index (χ2n) is 9.01. The number of nitrogens with two attached hydrogens (primary N) is 1. The Kier molecular flexibility index (Phi) is 17.4. The molecule has 1 heterocycles. The number of esters is 1. The first kappa shape index (κ1) is 33.5. The second-order valence-corrected chi connectivity index (χ2v) is 9.90. The minimum atomic E-state index is -1.12. The summed E-state index contributed by atoms with van der Waals surface area (Å²) in [6.45, 7) is 8.37. The van der Waals surface area contributed by atoms with Crippen molar-refractivity contribution in [3.63, 3.8) is 0 Å². The van der Waals surface area contributed by atoms with Crippen molar-refractivity contribution in [3.8, 4) is 0 Å². The van der Waals surface area contributed by atoms with Gasteiger partial charge in [-0.05, 0) is 38.8 Å². The Hall–Kier alpha value is -2.53. The molecule has 0 aliphatic rings. The van der Waals surface area contributed by atoms with E-state index in [1.807, 2.05) is 27.8 Å². The number of thiazole rings is 1. The lowest BCUT2D eigenvalue weighted by molar-refractivity contribution is -0.148. The average molecular weight is 529 g/mol. The van der Waals surface area contributed by atoms with E-state index < -0.39 is 18.0 Å². The first-order valence-electron chi connectivity index (χ1n) is 12.5. The fourth-order valence-electron chi connectivity index (χ4n) is 3.50. The number of ether oxygens (including phenoxy) is 1. The first-order valence-corrected chi connectivity index (χ1v) is 13.4. The number of hydrogen-bond donors (Lipinski definition) is 3. The Morgan fingerprint density at radius 1 is 1.17 bits per heavy atom. The van der Waals surface area contributed by atoms with E-state index in [9.17, 15) is 19.2 Å². The van der Waals surface area contributed by atoms with Gasteiger partial charge in [-0.1, -0.05) is 33.6 Å². The summed E-state index contributed by atoms with van der Waals surface area (Å²) in [5.41, 5.74) is 4.88. The van der Waals surface area contributed by atoms with E-state index in [4.69, 9.17) is 15.6 Å². The molecule has 0 fully saturated rings. The number of amides is 2. The molecule has 2 amide bonds. The van der Waals surface area contributed by atoms with Gasteiger partial charge in [0.15, 0.2) is 11.8 Å². The highest BCUT2D eigenvalue weighted by atomic mass is 32.1. The van der Waals surface area contributed by atoms with Crippen LogP contribution in [-0.2, 0) is 19.1 Å². The van der Waals surface area contributed by atoms with Gasteiger partial charge < -0.3 is 25.8 Å². The standard InChI is InChI=1S/C18H28N2O5S.C7H16N2O/c1-6-7-8-16(22)20(5)14(11(2)3)9-15(25-12(4)21)17-19-13(10-26-17)18(23)24;1-9-6-4-2-3-5-7(8)10/h10-11,14-15H,6-9H2,1-5H3,(H,23,24);9H,2-6H2,1H3,(H2,8,10). The zero-order chi connectivity index (χ0) is 27.7. The lowest BCUT2D eigenvalue weighted by atomic mass is 9.96. The molecule has 0 spiro atoms. The Morgan fingerprint density at radius 2 is 1.83 bits per heavy atom. The summed E-state index contributed by atoms with van der Waals surface area (Å²) in [5, 5.41) is 14.0. The molecule has 36 heavy (non-hydrogen) atoms. The average Bonchev–Trinajstić information content (AvgIpc) is 3.30. The Balaban J connectivity index is 0.00000103. The summed E-state index contributed by atoms with van der Waals surface area (Å²) < 4.78 is 5.40. The number of hydrogen-bond acceptors (Lipinski definition) is 8. The number of nitrogens with one attached hydrogen (secondary N) is 1. The molecule has 0 aliphatic heterocycles. The van der Waals surface area contributed by atoms with Crippen LogP contribution >= 0.6 is 11.3 Å². The third kappa shape index (κ3) is 14.1. The molecule has 206 valence electrons. The predicted octanol–water partition coefficient (Wildman–Crippen LogP) is 3.76. The number of carbonyl (C=O) groups excluding carboxylic acids is 3. The van der Waals surface area contributed by atoms with Gasteiger partial charge in [0.2, 0.25) is 11.8 Å². The van der Waals surface area contributed by atoms with Crippen LogP contribution in [0.25, 0.3) is 0 Å². The second kappa shape index (κ2) is 18.7. The van der Waals surface area contributed by atoms with Crippen LogP contribution in [0.3, 0.4) is 0 Å². The van der Waals surface area contributed by atoms with E-state index in [0.717, 1.165) is 50.0 Å². The van der Waals surface area contributed by atoms with Gasteiger partial charge in [-0.2, -0.15) is 0 Å². The molecule has 10 nitrogen and oxygen atoms in total. The van der Waals surface area contributed by atoms with Crippen molar-refractivity contribution >= 4 is 35.1 Å². The molecule has 2 atom stereocenters. The molecule has 0 radical (unpaired) electrons. The lowest BCUT2D eigenvalue weighted by Gasteiger charge is -2.33. The van der Waals surface area contributed by atoms with Crippen molar-refractivity contribution in [1.29, 1.82) is 0 Å². The van der Waals surface area contributed by atoms with Crippen molar-refractivity contribution < 1.29 is 29.0 Å². The largest absolute Gasteiger partial charge is 0.476 e. The van der Waals surface area contributed by atoms with Crippen molar-refractivity contribution in [2.45, 2.75) is 91.2 Å². The van der Waals surface area contributed by atoms with E-state index >= 15 is 0 Å². The van der Waals surface area contributed by atoms with E-state index in [0.29, 0.717) is 24.3 Å². The van der Waals surface area contributed by atoms with Gasteiger partial charge in [0.25, 0.3) is 0 Å². The van der Waals surface area contributed by atoms with Gasteiger partial charge in [0, 0.05) is 44.7 Å². The number of primary amides is 1. The molecule has 0 aliphatic carbocycles. The van der Waals surface area contributed by atoms with Gasteiger partial charge in [-0.25, -0.2) is 9.78 Å². The molecule has 1 aromatic heterocycles. The molecule has 0 aromatic carbocycles. The van der Waals surface area contributed by atoms with Gasteiger partial charge in [-0.3, -0.25) is 14.4 Å². The van der Waals surface area contributed by atoms with Crippen LogP contribution in [0.5, 0.6) is 0 Å². The first-order chi connectivity index (χ1) is 16.9. The minimum absolute atomic E-state index is 0.0532. The normalized spacial score (nSPS) is 12.3. The van der Waals surface area contributed by atoms with E-state index in [2.05, 4.69) is 10.3 Å². The fraction of sp³-hybridized carbons (Fsp3) is 0.720. The third-order valence-electron chi connectivity index (χ3n) is 5.53. The molecule has 11 heteroatoms. The Labute approximate surface area is 219 Å². The topological polar surface area (TPSA) is 152 Å². The van der Waals surface area contributed by atoms with Crippen molar-refractivity contribution in [2.75, 3.05) is 20.6 Å². The summed E-state index contributed by atoms with van der Waals surface area (Å²) >= 11 is 1.14. The van der Waals surface area contributed by atoms with Crippen LogP contribution in [0.4, 0.5) is 0 Å². The summed E-state index contributed by atoms with van der Waals surface area (Å²) in [6.07, 6.45) is 5.62. The monoisotopic (exact) mass is 528 g/mol.